The molecule has 0 aliphatic carbocycles. The molecule has 0 saturated heterocycles. The van der Waals surface area contributed by atoms with Gasteiger partial charge in [0.1, 0.15) is 0 Å². The number of rotatable bonds is 12. The molecule has 10 heteroatoms. The number of carbonyl (C=O) groups is 2. The first-order valence-corrected chi connectivity index (χ1v) is 19.3. The van der Waals surface area contributed by atoms with Crippen LogP contribution in [0, 0.1) is 13.8 Å². The van der Waals surface area contributed by atoms with E-state index in [-0.39, 0.29) is 24.8 Å². The van der Waals surface area contributed by atoms with Gasteiger partial charge >= 0.3 is 11.9 Å². The fourth-order valence-corrected chi connectivity index (χ4v) is 7.80. The maximum absolute atomic E-state index is 12.4. The molecule has 7 rings (SSSR count). The second-order valence-electron chi connectivity index (χ2n) is 14.5. The number of fused-ring (bicyclic) bond motifs is 8. The number of esters is 2. The van der Waals surface area contributed by atoms with Gasteiger partial charge in [0, 0.05) is 72.0 Å². The largest absolute Gasteiger partial charge is 0.469 e. The summed E-state index contributed by atoms with van der Waals surface area (Å²) in [5.74, 6) is -0.553. The van der Waals surface area contributed by atoms with Gasteiger partial charge < -0.3 is 19.4 Å². The van der Waals surface area contributed by atoms with Crippen molar-refractivity contribution in [2.45, 2.75) is 79.3 Å². The standard InChI is InChI=1S/C46H50N6O4/c1-29-33(13-15-45(53)55-5)43-28-44-34(14-16-46(54)56-6)30(2)39(50-44)26-42-36(18-24-52-21-11-8-12-22-52)32(4)40(49-42)27-41-35(17-23-51-19-9-7-10-20-51)31(3)38(47-41)25-37(29)48-43/h7-12,19-22,25-28,47,49H,13-18,23-24H2,1-6H3/q+2. The van der Waals surface area contributed by atoms with E-state index in [0.717, 1.165) is 93.1 Å². The van der Waals surface area contributed by atoms with Crippen molar-refractivity contribution in [1.29, 1.82) is 0 Å². The second-order valence-corrected chi connectivity index (χ2v) is 14.5. The number of aromatic nitrogens is 6. The molecule has 286 valence electrons. The highest BCUT2D eigenvalue weighted by Crippen LogP contribution is 2.38. The summed E-state index contributed by atoms with van der Waals surface area (Å²) in [6, 6.07) is 20.8. The Labute approximate surface area is 327 Å². The van der Waals surface area contributed by atoms with Crippen LogP contribution in [0.1, 0.15) is 84.6 Å². The van der Waals surface area contributed by atoms with E-state index < -0.39 is 0 Å². The van der Waals surface area contributed by atoms with Crippen molar-refractivity contribution in [3.05, 3.63) is 130 Å². The average molecular weight is 751 g/mol. The molecule has 7 heterocycles. The lowest BCUT2D eigenvalue weighted by Gasteiger charge is -2.06. The summed E-state index contributed by atoms with van der Waals surface area (Å²) in [7, 11) is 2.83. The maximum atomic E-state index is 12.4. The van der Waals surface area contributed by atoms with Gasteiger partial charge in [0.15, 0.2) is 37.9 Å². The maximum Gasteiger partial charge on any atom is 0.305 e. The van der Waals surface area contributed by atoms with Gasteiger partial charge in [-0.05, 0) is 109 Å². The number of H-pyrrole nitrogens is 2. The van der Waals surface area contributed by atoms with Gasteiger partial charge in [-0.15, -0.1) is 0 Å². The minimum atomic E-state index is -0.276. The van der Waals surface area contributed by atoms with Crippen molar-refractivity contribution >= 4 is 56.3 Å². The Balaban J connectivity index is 1.50. The molecule has 0 aromatic carbocycles. The number of carbonyl (C=O) groups excluding carboxylic acids is 2. The van der Waals surface area contributed by atoms with Crippen LogP contribution in [0.25, 0.3) is 44.4 Å². The van der Waals surface area contributed by atoms with Crippen LogP contribution in [-0.2, 0) is 45.0 Å². The summed E-state index contributed by atoms with van der Waals surface area (Å²) in [5.41, 5.74) is 16.0. The lowest BCUT2D eigenvalue weighted by Crippen LogP contribution is -2.33. The lowest BCUT2D eigenvalue weighted by atomic mass is 9.98. The number of allylic oxidation sites excluding steroid dienone is 4. The van der Waals surface area contributed by atoms with Crippen molar-refractivity contribution in [2.24, 2.45) is 0 Å². The van der Waals surface area contributed by atoms with Crippen LogP contribution in [0.15, 0.2) is 85.5 Å². The quantitative estimate of drug-likeness (QED) is 0.0995. The minimum absolute atomic E-state index is 0.227. The van der Waals surface area contributed by atoms with Crippen LogP contribution in [0.5, 0.6) is 0 Å². The van der Waals surface area contributed by atoms with Crippen LogP contribution < -0.4 is 9.13 Å². The molecule has 2 aliphatic rings. The highest BCUT2D eigenvalue weighted by atomic mass is 16.5. The van der Waals surface area contributed by atoms with E-state index in [1.165, 1.54) is 36.5 Å². The van der Waals surface area contributed by atoms with Gasteiger partial charge in [-0.3, -0.25) is 9.59 Å². The van der Waals surface area contributed by atoms with Gasteiger partial charge in [-0.2, -0.15) is 0 Å². The SMILES string of the molecule is COC(=O)CCC1=C(C)c2cc3[nH]c(cc4[nH]c(cc5nc(cc1n2)C(CCC(=O)OC)=C5C)c(CC[n+]1ccccc1)c4C)c(CC[n+]1ccccc1)c3C. The number of hydrogen-bond donors (Lipinski definition) is 2. The highest BCUT2D eigenvalue weighted by Gasteiger charge is 2.23. The number of ether oxygens (including phenoxy) is 2. The van der Waals surface area contributed by atoms with E-state index in [1.54, 1.807) is 0 Å². The normalized spacial score (nSPS) is 12.7. The number of pyridine rings is 2. The van der Waals surface area contributed by atoms with E-state index in [1.807, 2.05) is 18.2 Å². The summed E-state index contributed by atoms with van der Waals surface area (Å²) >= 11 is 0. The molecule has 5 aromatic rings. The van der Waals surface area contributed by atoms with E-state index in [2.05, 4.69) is 114 Å². The summed E-state index contributed by atoms with van der Waals surface area (Å²) in [5, 5.41) is 0. The number of nitrogens with one attached hydrogen (secondary N) is 2. The minimum Gasteiger partial charge on any atom is -0.469 e. The van der Waals surface area contributed by atoms with Crippen molar-refractivity contribution in [1.82, 2.24) is 19.9 Å². The lowest BCUT2D eigenvalue weighted by molar-refractivity contribution is -0.696. The van der Waals surface area contributed by atoms with Gasteiger partial charge in [-0.1, -0.05) is 12.1 Å². The van der Waals surface area contributed by atoms with Crippen LogP contribution in [0.3, 0.4) is 0 Å². The zero-order chi connectivity index (χ0) is 39.3. The monoisotopic (exact) mass is 750 g/mol. The molecule has 0 fully saturated rings. The number of nitrogens with zero attached hydrogens (tertiary/aromatic N) is 4. The van der Waals surface area contributed by atoms with Crippen LogP contribution in [0.2, 0.25) is 0 Å². The summed E-state index contributed by atoms with van der Waals surface area (Å²) in [6.45, 7) is 10.2. The topological polar surface area (TPSA) is 118 Å². The third kappa shape index (κ3) is 8.10. The van der Waals surface area contributed by atoms with Crippen LogP contribution >= 0.6 is 0 Å². The van der Waals surface area contributed by atoms with Crippen LogP contribution in [0.4, 0.5) is 0 Å². The fraction of sp³-hybridized carbons (Fsp3) is 0.304. The molecule has 0 saturated carbocycles. The Hall–Kier alpha value is -6.16. The molecule has 10 nitrogen and oxygen atoms in total. The van der Waals surface area contributed by atoms with E-state index in [0.29, 0.717) is 12.8 Å². The molecule has 0 atom stereocenters. The van der Waals surface area contributed by atoms with Crippen molar-refractivity contribution in [3.63, 3.8) is 0 Å². The van der Waals surface area contributed by atoms with Crippen molar-refractivity contribution in [3.8, 4) is 0 Å². The molecule has 2 aliphatic heterocycles. The zero-order valence-corrected chi connectivity index (χ0v) is 33.2. The molecule has 0 spiro atoms. The predicted molar refractivity (Wildman–Crippen MR) is 219 cm³/mol. The Kier molecular flexibility index (Phi) is 11.4. The predicted octanol–water partition coefficient (Wildman–Crippen LogP) is 7.76. The van der Waals surface area contributed by atoms with E-state index >= 15 is 0 Å². The van der Waals surface area contributed by atoms with Crippen molar-refractivity contribution in [2.75, 3.05) is 14.2 Å². The van der Waals surface area contributed by atoms with Gasteiger partial charge in [0.2, 0.25) is 0 Å². The van der Waals surface area contributed by atoms with E-state index in [4.69, 9.17) is 19.4 Å². The second kappa shape index (κ2) is 16.7. The first-order chi connectivity index (χ1) is 27.1. The van der Waals surface area contributed by atoms with Gasteiger partial charge in [-0.25, -0.2) is 19.1 Å². The number of aromatic amines is 2. The smallest absolute Gasteiger partial charge is 0.305 e. The molecule has 0 unspecified atom stereocenters. The van der Waals surface area contributed by atoms with Gasteiger partial charge in [0.25, 0.3) is 0 Å². The zero-order valence-electron chi connectivity index (χ0n) is 33.2. The van der Waals surface area contributed by atoms with Gasteiger partial charge in [0.05, 0.1) is 37.0 Å². The first-order valence-electron chi connectivity index (χ1n) is 19.3. The molecule has 5 aromatic heterocycles. The molecule has 8 bridgehead atoms. The number of hydrogen-bond acceptors (Lipinski definition) is 6. The highest BCUT2D eigenvalue weighted by molar-refractivity contribution is 5.96. The molecule has 0 amide bonds. The average Bonchev–Trinajstić information content (AvgIpc) is 3.87. The molecule has 2 N–H and O–H groups in total. The van der Waals surface area contributed by atoms with E-state index in [9.17, 15) is 9.59 Å². The third-order valence-corrected chi connectivity index (χ3v) is 11.2. The molecular weight excluding hydrogens is 701 g/mol. The Morgan fingerprint density at radius 1 is 0.536 bits per heavy atom. The van der Waals surface area contributed by atoms with Crippen molar-refractivity contribution < 1.29 is 28.2 Å². The number of aryl methyl sites for hydroxylation is 6. The summed E-state index contributed by atoms with van der Waals surface area (Å²) in [6.07, 6.45) is 11.4. The summed E-state index contributed by atoms with van der Waals surface area (Å²) in [4.78, 5) is 42.8. The fourth-order valence-electron chi connectivity index (χ4n) is 7.80. The first kappa shape index (κ1) is 38.1. The molecule has 0 radical (unpaired) electrons. The van der Waals surface area contributed by atoms with Crippen LogP contribution in [-0.4, -0.2) is 46.1 Å². The number of methoxy groups -OCH3 is 2. The Morgan fingerprint density at radius 3 is 1.39 bits per heavy atom. The molecular formula is C46H50N6O4+2. The third-order valence-electron chi connectivity index (χ3n) is 11.2. The molecule has 56 heavy (non-hydrogen) atoms. The Bertz CT molecular complexity index is 2530. The Morgan fingerprint density at radius 2 is 0.946 bits per heavy atom. The summed E-state index contributed by atoms with van der Waals surface area (Å²) < 4.78 is 14.5.